The Kier molecular flexibility index (Phi) is 5.60. The molecule has 0 saturated heterocycles. The van der Waals surface area contributed by atoms with E-state index < -0.39 is 8.56 Å². The number of hydrogen-bond donors (Lipinski definition) is 0. The van der Waals surface area contributed by atoms with Crippen LogP contribution in [0.15, 0.2) is 84.9 Å². The van der Waals surface area contributed by atoms with Crippen molar-refractivity contribution in [2.45, 2.75) is 33.1 Å². The highest BCUT2D eigenvalue weighted by Crippen LogP contribution is 2.49. The van der Waals surface area contributed by atoms with Gasteiger partial charge in [-0.25, -0.2) is 0 Å². The van der Waals surface area contributed by atoms with Gasteiger partial charge in [-0.3, -0.25) is 0 Å². The van der Waals surface area contributed by atoms with Gasteiger partial charge in [-0.2, -0.15) is 0 Å². The maximum atomic E-state index is 6.09. The summed E-state index contributed by atoms with van der Waals surface area (Å²) in [7, 11) is 0.780. The zero-order valence-corrected chi connectivity index (χ0v) is 21.9. The fourth-order valence-electron chi connectivity index (χ4n) is 5.41. The van der Waals surface area contributed by atoms with Crippen molar-refractivity contribution in [2.24, 2.45) is 0 Å². The number of fused-ring (bicyclic) bond motifs is 3. The van der Waals surface area contributed by atoms with Crippen LogP contribution in [0.2, 0.25) is 0 Å². The molecule has 0 unspecified atom stereocenters. The van der Waals surface area contributed by atoms with Crippen LogP contribution < -0.4 is 10.4 Å². The molecule has 4 aromatic carbocycles. The molecule has 2 nitrogen and oxygen atoms in total. The molecule has 0 radical (unpaired) electrons. The lowest BCUT2D eigenvalue weighted by Crippen LogP contribution is -2.62. The molecule has 0 saturated carbocycles. The van der Waals surface area contributed by atoms with Gasteiger partial charge in [0, 0.05) is 19.6 Å². The van der Waals surface area contributed by atoms with Crippen LogP contribution in [0.25, 0.3) is 22.3 Å². The van der Waals surface area contributed by atoms with E-state index in [0.717, 1.165) is 10.4 Å². The van der Waals surface area contributed by atoms with E-state index in [0.29, 0.717) is 0 Å². The second-order valence-corrected chi connectivity index (χ2v) is 13.1. The molecule has 0 amide bonds. The Hall–Kier alpha value is -2.98. The van der Waals surface area contributed by atoms with Crippen molar-refractivity contribution in [1.29, 1.82) is 0 Å². The van der Waals surface area contributed by atoms with E-state index >= 15 is 0 Å². The van der Waals surface area contributed by atoms with Crippen LogP contribution in [0.3, 0.4) is 0 Å². The third-order valence-corrected chi connectivity index (χ3v) is 10.8. The Morgan fingerprint density at radius 3 is 1.62 bits per heavy atom. The van der Waals surface area contributed by atoms with Crippen LogP contribution >= 0.6 is 0 Å². The zero-order valence-electron chi connectivity index (χ0n) is 20.9. The fourth-order valence-corrected chi connectivity index (χ4v) is 8.06. The van der Waals surface area contributed by atoms with Gasteiger partial charge in [0.15, 0.2) is 0 Å². The molecule has 0 spiro atoms. The number of hydrogen-bond acceptors (Lipinski definition) is 2. The normalized spacial score (nSPS) is 14.1. The summed E-state index contributed by atoms with van der Waals surface area (Å²) in [5.74, 6) is 0. The van der Waals surface area contributed by atoms with Crippen molar-refractivity contribution in [2.75, 3.05) is 14.2 Å². The minimum absolute atomic E-state index is 0.00769. The lowest BCUT2D eigenvalue weighted by atomic mass is 9.81. The van der Waals surface area contributed by atoms with Gasteiger partial charge in [0.05, 0.1) is 0 Å². The van der Waals surface area contributed by atoms with E-state index in [-0.39, 0.29) is 5.41 Å². The molecule has 0 aromatic heterocycles. The Morgan fingerprint density at radius 2 is 1.03 bits per heavy atom. The van der Waals surface area contributed by atoms with Crippen molar-refractivity contribution in [3.05, 3.63) is 107 Å². The fraction of sp³-hybridized carbons (Fsp3) is 0.226. The molecule has 0 bridgehead atoms. The molecule has 34 heavy (non-hydrogen) atoms. The van der Waals surface area contributed by atoms with E-state index in [4.69, 9.17) is 8.85 Å². The summed E-state index contributed by atoms with van der Waals surface area (Å²) in [6.07, 6.45) is 0. The standard InChI is InChI=1S/C31H32O2Si/c1-21-7-13-25(14-8-21)34(32-5,33-6)26-15-10-23(11-16-26)24-12-18-28-27-17-9-22(2)19-29(27)31(3,4)30(28)20-24/h7-20H,1-6H3. The van der Waals surface area contributed by atoms with Crippen LogP contribution in [0, 0.1) is 13.8 Å². The van der Waals surface area contributed by atoms with Gasteiger partial charge in [-0.15, -0.1) is 0 Å². The van der Waals surface area contributed by atoms with E-state index in [1.54, 1.807) is 14.2 Å². The summed E-state index contributed by atoms with van der Waals surface area (Å²) < 4.78 is 12.2. The van der Waals surface area contributed by atoms with Gasteiger partial charge < -0.3 is 8.85 Å². The van der Waals surface area contributed by atoms with Crippen molar-refractivity contribution < 1.29 is 8.85 Å². The lowest BCUT2D eigenvalue weighted by Gasteiger charge is -2.28. The average molecular weight is 465 g/mol. The molecule has 0 fully saturated rings. The molecule has 3 heteroatoms. The maximum absolute atomic E-state index is 6.09. The molecule has 1 aliphatic rings. The Bertz CT molecular complexity index is 1350. The second kappa shape index (κ2) is 8.35. The summed E-state index contributed by atoms with van der Waals surface area (Å²) in [6, 6.07) is 31.0. The van der Waals surface area contributed by atoms with Crippen molar-refractivity contribution >= 4 is 18.9 Å². The summed E-state index contributed by atoms with van der Waals surface area (Å²) in [6.45, 7) is 8.94. The number of rotatable bonds is 5. The molecule has 0 atom stereocenters. The topological polar surface area (TPSA) is 18.5 Å². The molecule has 172 valence electrons. The first-order valence-electron chi connectivity index (χ1n) is 11.8. The van der Waals surface area contributed by atoms with Crippen molar-refractivity contribution in [3.63, 3.8) is 0 Å². The van der Waals surface area contributed by atoms with Gasteiger partial charge in [-0.1, -0.05) is 104 Å². The summed E-state index contributed by atoms with van der Waals surface area (Å²) in [5.41, 5.74) is 10.5. The molecule has 4 aromatic rings. The van der Waals surface area contributed by atoms with Crippen LogP contribution in [0.1, 0.15) is 36.1 Å². The predicted molar refractivity (Wildman–Crippen MR) is 144 cm³/mol. The first kappa shape index (κ1) is 22.8. The predicted octanol–water partition coefficient (Wildman–Crippen LogP) is 6.13. The quantitative estimate of drug-likeness (QED) is 0.331. The van der Waals surface area contributed by atoms with Gasteiger partial charge in [0.2, 0.25) is 0 Å². The Morgan fingerprint density at radius 1 is 0.559 bits per heavy atom. The number of benzene rings is 4. The van der Waals surface area contributed by atoms with E-state index in [1.807, 2.05) is 0 Å². The van der Waals surface area contributed by atoms with E-state index in [2.05, 4.69) is 113 Å². The molecule has 0 N–H and O–H groups in total. The third kappa shape index (κ3) is 3.47. The van der Waals surface area contributed by atoms with Crippen LogP contribution in [0.5, 0.6) is 0 Å². The summed E-state index contributed by atoms with van der Waals surface area (Å²) >= 11 is 0. The Labute approximate surface area is 204 Å². The molecule has 0 aliphatic heterocycles. The minimum atomic E-state index is -2.73. The number of aryl methyl sites for hydroxylation is 2. The monoisotopic (exact) mass is 464 g/mol. The maximum Gasteiger partial charge on any atom is 0.406 e. The largest absolute Gasteiger partial charge is 0.406 e. The van der Waals surface area contributed by atoms with Crippen molar-refractivity contribution in [1.82, 2.24) is 0 Å². The van der Waals surface area contributed by atoms with E-state index in [9.17, 15) is 0 Å². The van der Waals surface area contributed by atoms with Gasteiger partial charge >= 0.3 is 8.56 Å². The van der Waals surface area contributed by atoms with Gasteiger partial charge in [0.25, 0.3) is 0 Å². The van der Waals surface area contributed by atoms with Gasteiger partial charge in [-0.05, 0) is 63.7 Å². The third-order valence-electron chi connectivity index (χ3n) is 7.44. The molecule has 5 rings (SSSR count). The SMILES string of the molecule is CO[Si](OC)(c1ccc(C)cc1)c1ccc(-c2ccc3c(c2)C(C)(C)c2cc(C)ccc2-3)cc1. The minimum Gasteiger partial charge on any atom is -0.391 e. The van der Waals surface area contributed by atoms with Crippen LogP contribution in [0.4, 0.5) is 0 Å². The lowest BCUT2D eigenvalue weighted by molar-refractivity contribution is 0.272. The highest BCUT2D eigenvalue weighted by molar-refractivity contribution is 6.92. The smallest absolute Gasteiger partial charge is 0.391 e. The molecular weight excluding hydrogens is 432 g/mol. The highest BCUT2D eigenvalue weighted by atomic mass is 28.4. The van der Waals surface area contributed by atoms with Crippen LogP contribution in [-0.2, 0) is 14.3 Å². The summed E-state index contributed by atoms with van der Waals surface area (Å²) in [4.78, 5) is 0. The first-order valence-corrected chi connectivity index (χ1v) is 13.7. The second-order valence-electron chi connectivity index (χ2n) is 9.90. The van der Waals surface area contributed by atoms with Crippen LogP contribution in [-0.4, -0.2) is 22.8 Å². The average Bonchev–Trinajstić information content (AvgIpc) is 3.07. The van der Waals surface area contributed by atoms with E-state index in [1.165, 1.54) is 44.5 Å². The molecule has 1 aliphatic carbocycles. The van der Waals surface area contributed by atoms with Crippen molar-refractivity contribution in [3.8, 4) is 22.3 Å². The Balaban J connectivity index is 1.53. The molecule has 0 heterocycles. The van der Waals surface area contributed by atoms with Gasteiger partial charge in [0.1, 0.15) is 0 Å². The zero-order chi connectivity index (χ0) is 24.1. The highest BCUT2D eigenvalue weighted by Gasteiger charge is 2.41. The summed E-state index contributed by atoms with van der Waals surface area (Å²) in [5, 5.41) is 2.22. The molecular formula is C31H32O2Si. The first-order chi connectivity index (χ1) is 16.3.